The van der Waals surface area contributed by atoms with Crippen LogP contribution in [0.25, 0.3) is 6.08 Å². The monoisotopic (exact) mass is 369 g/mol. The van der Waals surface area contributed by atoms with E-state index in [1.165, 1.54) is 6.08 Å². The van der Waals surface area contributed by atoms with Gasteiger partial charge in [-0.2, -0.15) is 0 Å². The number of hydrogen-bond donors (Lipinski definition) is 1. The van der Waals surface area contributed by atoms with Gasteiger partial charge in [-0.05, 0) is 42.0 Å². The van der Waals surface area contributed by atoms with E-state index in [2.05, 4.69) is 21.2 Å². The summed E-state index contributed by atoms with van der Waals surface area (Å²) in [5.74, 6) is -0.267. The number of anilines is 1. The first-order valence-corrected chi connectivity index (χ1v) is 7.29. The number of amides is 1. The predicted molar refractivity (Wildman–Crippen MR) is 88.3 cm³/mol. The minimum absolute atomic E-state index is 0.267. The van der Waals surface area contributed by atoms with Gasteiger partial charge in [-0.1, -0.05) is 51.3 Å². The second-order valence-electron chi connectivity index (χ2n) is 4.00. The van der Waals surface area contributed by atoms with Gasteiger partial charge in [-0.3, -0.25) is 4.79 Å². The summed E-state index contributed by atoms with van der Waals surface area (Å²) < 4.78 is 0.991. The molecule has 0 bridgehead atoms. The average molecular weight is 371 g/mol. The quantitative estimate of drug-likeness (QED) is 0.719. The zero-order chi connectivity index (χ0) is 14.5. The maximum atomic E-state index is 11.8. The highest BCUT2D eigenvalue weighted by Gasteiger charge is 2.03. The Labute approximate surface area is 135 Å². The summed E-state index contributed by atoms with van der Waals surface area (Å²) >= 11 is 15.2. The molecule has 0 aromatic heterocycles. The van der Waals surface area contributed by atoms with Crippen molar-refractivity contribution in [2.45, 2.75) is 0 Å². The van der Waals surface area contributed by atoms with Crippen molar-refractivity contribution >= 4 is 56.8 Å². The van der Waals surface area contributed by atoms with Gasteiger partial charge in [-0.15, -0.1) is 0 Å². The van der Waals surface area contributed by atoms with E-state index in [1.54, 1.807) is 24.3 Å². The summed E-state index contributed by atoms with van der Waals surface area (Å²) in [6.07, 6.45) is 3.17. The first-order valence-electron chi connectivity index (χ1n) is 5.74. The molecule has 2 aromatic carbocycles. The lowest BCUT2D eigenvalue weighted by atomic mass is 10.2. The molecule has 2 aromatic rings. The number of hydrogen-bond acceptors (Lipinski definition) is 1. The van der Waals surface area contributed by atoms with Gasteiger partial charge < -0.3 is 5.32 Å². The SMILES string of the molecule is O=C(C=Cc1ccc(Br)cc1)Nc1cc(Cl)ccc1Cl. The van der Waals surface area contributed by atoms with Crippen LogP contribution < -0.4 is 5.32 Å². The lowest BCUT2D eigenvalue weighted by Gasteiger charge is -2.05. The Morgan fingerprint density at radius 1 is 1.10 bits per heavy atom. The molecule has 0 aliphatic rings. The zero-order valence-electron chi connectivity index (χ0n) is 10.2. The predicted octanol–water partition coefficient (Wildman–Crippen LogP) is 5.41. The first kappa shape index (κ1) is 15.1. The molecular formula is C15H10BrCl2NO. The van der Waals surface area contributed by atoms with Crippen molar-refractivity contribution in [1.82, 2.24) is 0 Å². The topological polar surface area (TPSA) is 29.1 Å². The Morgan fingerprint density at radius 3 is 2.50 bits per heavy atom. The van der Waals surface area contributed by atoms with Crippen LogP contribution >= 0.6 is 39.1 Å². The molecule has 20 heavy (non-hydrogen) atoms. The summed E-state index contributed by atoms with van der Waals surface area (Å²) in [4.78, 5) is 11.8. The summed E-state index contributed by atoms with van der Waals surface area (Å²) in [6.45, 7) is 0. The van der Waals surface area contributed by atoms with Gasteiger partial charge in [0.1, 0.15) is 0 Å². The molecular weight excluding hydrogens is 361 g/mol. The Kier molecular flexibility index (Phi) is 5.24. The fourth-order valence-corrected chi connectivity index (χ4v) is 2.11. The lowest BCUT2D eigenvalue weighted by molar-refractivity contribution is -0.111. The molecule has 2 nitrogen and oxygen atoms in total. The van der Waals surface area contributed by atoms with Gasteiger partial charge in [0, 0.05) is 15.6 Å². The second kappa shape index (κ2) is 6.93. The molecule has 0 atom stereocenters. The Bertz CT molecular complexity index is 653. The van der Waals surface area contributed by atoms with Crippen LogP contribution in [0.1, 0.15) is 5.56 Å². The number of nitrogens with one attached hydrogen (secondary N) is 1. The molecule has 0 saturated heterocycles. The number of halogens is 3. The molecule has 0 heterocycles. The zero-order valence-corrected chi connectivity index (χ0v) is 13.3. The molecule has 0 spiro atoms. The third-order valence-corrected chi connectivity index (χ3v) is 3.58. The van der Waals surface area contributed by atoms with E-state index in [0.29, 0.717) is 15.7 Å². The molecule has 5 heteroatoms. The van der Waals surface area contributed by atoms with Crippen LogP contribution in [0.2, 0.25) is 10.0 Å². The van der Waals surface area contributed by atoms with Crippen molar-refractivity contribution in [2.24, 2.45) is 0 Å². The third kappa shape index (κ3) is 4.37. The Hall–Kier alpha value is -1.29. The smallest absolute Gasteiger partial charge is 0.248 e. The number of rotatable bonds is 3. The summed E-state index contributed by atoms with van der Waals surface area (Å²) in [6, 6.07) is 12.5. The minimum Gasteiger partial charge on any atom is -0.321 e. The normalized spacial score (nSPS) is 10.8. The van der Waals surface area contributed by atoms with Crippen LogP contribution in [0.5, 0.6) is 0 Å². The second-order valence-corrected chi connectivity index (χ2v) is 5.76. The average Bonchev–Trinajstić information content (AvgIpc) is 2.42. The molecule has 0 aliphatic carbocycles. The summed E-state index contributed by atoms with van der Waals surface area (Å²) in [5, 5.41) is 3.64. The molecule has 0 saturated carbocycles. The maximum Gasteiger partial charge on any atom is 0.248 e. The van der Waals surface area contributed by atoms with Crippen molar-refractivity contribution in [3.63, 3.8) is 0 Å². The summed E-state index contributed by atoms with van der Waals surface area (Å²) in [7, 11) is 0. The van der Waals surface area contributed by atoms with Gasteiger partial charge in [0.05, 0.1) is 10.7 Å². The van der Waals surface area contributed by atoms with Crippen LogP contribution in [0.4, 0.5) is 5.69 Å². The Morgan fingerprint density at radius 2 is 1.80 bits per heavy atom. The highest BCUT2D eigenvalue weighted by Crippen LogP contribution is 2.25. The van der Waals surface area contributed by atoms with Crippen molar-refractivity contribution in [1.29, 1.82) is 0 Å². The van der Waals surface area contributed by atoms with Gasteiger partial charge >= 0.3 is 0 Å². The number of benzene rings is 2. The van der Waals surface area contributed by atoms with Crippen molar-refractivity contribution < 1.29 is 4.79 Å². The fourth-order valence-electron chi connectivity index (χ4n) is 1.51. The van der Waals surface area contributed by atoms with E-state index >= 15 is 0 Å². The van der Waals surface area contributed by atoms with E-state index in [4.69, 9.17) is 23.2 Å². The van der Waals surface area contributed by atoms with Crippen LogP contribution in [0.15, 0.2) is 53.0 Å². The van der Waals surface area contributed by atoms with E-state index in [1.807, 2.05) is 24.3 Å². The van der Waals surface area contributed by atoms with Gasteiger partial charge in [0.15, 0.2) is 0 Å². The maximum absolute atomic E-state index is 11.8. The third-order valence-electron chi connectivity index (χ3n) is 2.48. The van der Waals surface area contributed by atoms with Gasteiger partial charge in [0.25, 0.3) is 0 Å². The first-order chi connectivity index (χ1) is 9.54. The standard InChI is InChI=1S/C15H10BrCl2NO/c16-11-4-1-10(2-5-11)3-8-15(20)19-14-9-12(17)6-7-13(14)18/h1-9H,(H,19,20). The van der Waals surface area contributed by atoms with Gasteiger partial charge in [0.2, 0.25) is 5.91 Å². The van der Waals surface area contributed by atoms with Crippen molar-refractivity contribution in [3.8, 4) is 0 Å². The van der Waals surface area contributed by atoms with E-state index in [0.717, 1.165) is 10.0 Å². The summed E-state index contributed by atoms with van der Waals surface area (Å²) in [5.41, 5.74) is 1.42. The van der Waals surface area contributed by atoms with Crippen LogP contribution in [0.3, 0.4) is 0 Å². The molecule has 0 unspecified atom stereocenters. The fraction of sp³-hybridized carbons (Fsp3) is 0. The number of carbonyl (C=O) groups excluding carboxylic acids is 1. The van der Waals surface area contributed by atoms with E-state index < -0.39 is 0 Å². The highest BCUT2D eigenvalue weighted by atomic mass is 79.9. The highest BCUT2D eigenvalue weighted by molar-refractivity contribution is 9.10. The van der Waals surface area contributed by atoms with Gasteiger partial charge in [-0.25, -0.2) is 0 Å². The molecule has 0 radical (unpaired) electrons. The molecule has 0 fully saturated rings. The molecule has 102 valence electrons. The minimum atomic E-state index is -0.267. The van der Waals surface area contributed by atoms with Crippen LogP contribution in [-0.4, -0.2) is 5.91 Å². The van der Waals surface area contributed by atoms with Crippen LogP contribution in [-0.2, 0) is 4.79 Å². The molecule has 1 N–H and O–H groups in total. The van der Waals surface area contributed by atoms with Crippen molar-refractivity contribution in [3.05, 3.63) is 68.6 Å². The molecule has 1 amide bonds. The Balaban J connectivity index is 2.05. The van der Waals surface area contributed by atoms with Crippen molar-refractivity contribution in [2.75, 3.05) is 5.32 Å². The molecule has 0 aliphatic heterocycles. The van der Waals surface area contributed by atoms with Crippen LogP contribution in [0, 0.1) is 0 Å². The number of carbonyl (C=O) groups is 1. The largest absolute Gasteiger partial charge is 0.321 e. The lowest BCUT2D eigenvalue weighted by Crippen LogP contribution is -2.08. The molecule has 2 rings (SSSR count). The van der Waals surface area contributed by atoms with E-state index in [9.17, 15) is 4.79 Å². The van der Waals surface area contributed by atoms with E-state index in [-0.39, 0.29) is 5.91 Å².